The Labute approximate surface area is 124 Å². The molecular formula is C15H12F3NO3. The number of aliphatic carboxylic acids is 1. The smallest absolute Gasteiger partial charge is 0.417 e. The number of carboxylic acid groups (broad SMARTS) is 1. The van der Waals surface area contributed by atoms with Crippen molar-refractivity contribution in [1.82, 2.24) is 4.98 Å². The maximum Gasteiger partial charge on any atom is 0.417 e. The van der Waals surface area contributed by atoms with Crippen LogP contribution in [0.4, 0.5) is 13.2 Å². The average Bonchev–Trinajstić information content (AvgIpc) is 2.47. The lowest BCUT2D eigenvalue weighted by Gasteiger charge is -2.11. The summed E-state index contributed by atoms with van der Waals surface area (Å²) in [6.45, 7) is 1.40. The van der Waals surface area contributed by atoms with Crippen molar-refractivity contribution in [2.45, 2.75) is 19.2 Å². The van der Waals surface area contributed by atoms with E-state index in [1.807, 2.05) is 0 Å². The van der Waals surface area contributed by atoms with Gasteiger partial charge in [0.15, 0.2) is 6.10 Å². The Morgan fingerprint density at radius 2 is 1.82 bits per heavy atom. The van der Waals surface area contributed by atoms with Gasteiger partial charge in [0.1, 0.15) is 5.75 Å². The molecule has 1 N–H and O–H groups in total. The molecule has 0 aliphatic carbocycles. The largest absolute Gasteiger partial charge is 0.479 e. The fourth-order valence-corrected chi connectivity index (χ4v) is 1.69. The van der Waals surface area contributed by atoms with Crippen molar-refractivity contribution < 1.29 is 27.8 Å². The number of benzene rings is 1. The van der Waals surface area contributed by atoms with Crippen molar-refractivity contribution in [2.75, 3.05) is 0 Å². The number of halogens is 3. The van der Waals surface area contributed by atoms with Gasteiger partial charge >= 0.3 is 12.1 Å². The molecule has 0 saturated heterocycles. The SMILES string of the molecule is CC(Oc1ccc(-c2ccc(C(F)(F)F)cn2)cc1)C(=O)O. The van der Waals surface area contributed by atoms with E-state index in [1.165, 1.54) is 25.1 Å². The van der Waals surface area contributed by atoms with Gasteiger partial charge in [0.05, 0.1) is 11.3 Å². The van der Waals surface area contributed by atoms with Gasteiger partial charge in [-0.1, -0.05) is 0 Å². The van der Waals surface area contributed by atoms with Gasteiger partial charge in [0.2, 0.25) is 0 Å². The Morgan fingerprint density at radius 3 is 2.27 bits per heavy atom. The van der Waals surface area contributed by atoms with Gasteiger partial charge in [0, 0.05) is 11.8 Å². The van der Waals surface area contributed by atoms with Gasteiger partial charge in [-0.25, -0.2) is 4.79 Å². The number of nitrogens with zero attached hydrogens (tertiary/aromatic N) is 1. The van der Waals surface area contributed by atoms with Crippen LogP contribution in [-0.4, -0.2) is 22.2 Å². The molecule has 0 aliphatic heterocycles. The molecule has 4 nitrogen and oxygen atoms in total. The second kappa shape index (κ2) is 6.05. The summed E-state index contributed by atoms with van der Waals surface area (Å²) in [5.41, 5.74) is 0.168. The molecule has 0 radical (unpaired) electrons. The third kappa shape index (κ3) is 3.75. The highest BCUT2D eigenvalue weighted by atomic mass is 19.4. The highest BCUT2D eigenvalue weighted by Gasteiger charge is 2.30. The Kier molecular flexibility index (Phi) is 4.35. The number of rotatable bonds is 4. The minimum absolute atomic E-state index is 0.352. The maximum absolute atomic E-state index is 12.5. The van der Waals surface area contributed by atoms with E-state index in [9.17, 15) is 18.0 Å². The number of hydrogen-bond donors (Lipinski definition) is 1. The predicted molar refractivity (Wildman–Crippen MR) is 72.4 cm³/mol. The molecular weight excluding hydrogens is 299 g/mol. The first kappa shape index (κ1) is 15.8. The monoisotopic (exact) mass is 311 g/mol. The summed E-state index contributed by atoms with van der Waals surface area (Å²) in [6, 6.07) is 8.50. The van der Waals surface area contributed by atoms with E-state index in [0.717, 1.165) is 12.3 Å². The molecule has 1 aromatic carbocycles. The molecule has 0 saturated carbocycles. The number of carboxylic acids is 1. The van der Waals surface area contributed by atoms with Crippen LogP contribution in [0.1, 0.15) is 12.5 Å². The molecule has 1 aromatic heterocycles. The number of hydrogen-bond acceptors (Lipinski definition) is 3. The maximum atomic E-state index is 12.5. The van der Waals surface area contributed by atoms with E-state index < -0.39 is 23.8 Å². The number of carbonyl (C=O) groups is 1. The number of alkyl halides is 3. The first-order valence-electron chi connectivity index (χ1n) is 6.30. The Hall–Kier alpha value is -2.57. The lowest BCUT2D eigenvalue weighted by Crippen LogP contribution is -2.22. The zero-order chi connectivity index (χ0) is 16.3. The molecule has 0 amide bonds. The Balaban J connectivity index is 2.15. The van der Waals surface area contributed by atoms with Crippen LogP contribution in [0.5, 0.6) is 5.75 Å². The van der Waals surface area contributed by atoms with Crippen LogP contribution in [0.2, 0.25) is 0 Å². The fraction of sp³-hybridized carbons (Fsp3) is 0.200. The number of pyridine rings is 1. The summed E-state index contributed by atoms with van der Waals surface area (Å²) < 4.78 is 42.5. The van der Waals surface area contributed by atoms with E-state index in [2.05, 4.69) is 4.98 Å². The summed E-state index contributed by atoms with van der Waals surface area (Å²) in [6.07, 6.45) is -4.64. The van der Waals surface area contributed by atoms with E-state index in [1.54, 1.807) is 12.1 Å². The van der Waals surface area contributed by atoms with Gasteiger partial charge in [-0.2, -0.15) is 13.2 Å². The summed E-state index contributed by atoms with van der Waals surface area (Å²) in [4.78, 5) is 14.5. The zero-order valence-electron chi connectivity index (χ0n) is 11.5. The van der Waals surface area contributed by atoms with Crippen molar-refractivity contribution in [1.29, 1.82) is 0 Å². The van der Waals surface area contributed by atoms with Gasteiger partial charge in [-0.05, 0) is 43.3 Å². The summed E-state index contributed by atoms with van der Waals surface area (Å²) in [5, 5.41) is 8.74. The number of ether oxygens (including phenoxy) is 1. The molecule has 0 bridgehead atoms. The average molecular weight is 311 g/mol. The molecule has 0 aliphatic rings. The Bertz CT molecular complexity index is 651. The van der Waals surface area contributed by atoms with Crippen LogP contribution in [0.15, 0.2) is 42.6 Å². The van der Waals surface area contributed by atoms with Gasteiger partial charge in [-0.15, -0.1) is 0 Å². The van der Waals surface area contributed by atoms with Crippen LogP contribution in [0.3, 0.4) is 0 Å². The van der Waals surface area contributed by atoms with Crippen LogP contribution in [-0.2, 0) is 11.0 Å². The molecule has 0 fully saturated rings. The standard InChI is InChI=1S/C15H12F3NO3/c1-9(14(20)21)22-12-5-2-10(3-6-12)13-7-4-11(8-19-13)15(16,17)18/h2-9H,1H3,(H,20,21). The zero-order valence-corrected chi connectivity index (χ0v) is 11.5. The lowest BCUT2D eigenvalue weighted by molar-refractivity contribution is -0.144. The minimum Gasteiger partial charge on any atom is -0.479 e. The summed E-state index contributed by atoms with van der Waals surface area (Å²) in [5.74, 6) is -0.737. The molecule has 1 heterocycles. The second-order valence-corrected chi connectivity index (χ2v) is 4.55. The second-order valence-electron chi connectivity index (χ2n) is 4.55. The predicted octanol–water partition coefficient (Wildman–Crippen LogP) is 3.62. The fourth-order valence-electron chi connectivity index (χ4n) is 1.69. The van der Waals surface area contributed by atoms with Gasteiger partial charge in [-0.3, -0.25) is 4.98 Å². The van der Waals surface area contributed by atoms with Gasteiger partial charge in [0.25, 0.3) is 0 Å². The molecule has 7 heteroatoms. The molecule has 1 atom stereocenters. The van der Waals surface area contributed by atoms with Crippen molar-refractivity contribution in [3.8, 4) is 17.0 Å². The Morgan fingerprint density at radius 1 is 1.18 bits per heavy atom. The van der Waals surface area contributed by atoms with Crippen LogP contribution in [0, 0.1) is 0 Å². The molecule has 1 unspecified atom stereocenters. The van der Waals surface area contributed by atoms with Crippen LogP contribution in [0.25, 0.3) is 11.3 Å². The van der Waals surface area contributed by atoms with Crippen molar-refractivity contribution >= 4 is 5.97 Å². The third-order valence-corrected chi connectivity index (χ3v) is 2.90. The number of aromatic nitrogens is 1. The molecule has 2 aromatic rings. The van der Waals surface area contributed by atoms with Crippen LogP contribution >= 0.6 is 0 Å². The third-order valence-electron chi connectivity index (χ3n) is 2.90. The summed E-state index contributed by atoms with van der Waals surface area (Å²) >= 11 is 0. The summed E-state index contributed by atoms with van der Waals surface area (Å²) in [7, 11) is 0. The van der Waals surface area contributed by atoms with E-state index in [4.69, 9.17) is 9.84 Å². The van der Waals surface area contributed by atoms with E-state index in [0.29, 0.717) is 17.0 Å². The van der Waals surface area contributed by atoms with Crippen LogP contribution < -0.4 is 4.74 Å². The highest BCUT2D eigenvalue weighted by molar-refractivity contribution is 5.72. The first-order valence-corrected chi connectivity index (χ1v) is 6.30. The normalized spacial score (nSPS) is 12.7. The molecule has 116 valence electrons. The quantitative estimate of drug-likeness (QED) is 0.937. The van der Waals surface area contributed by atoms with Gasteiger partial charge < -0.3 is 9.84 Å². The topological polar surface area (TPSA) is 59.4 Å². The lowest BCUT2D eigenvalue weighted by atomic mass is 10.1. The van der Waals surface area contributed by atoms with E-state index >= 15 is 0 Å². The van der Waals surface area contributed by atoms with Crippen molar-refractivity contribution in [2.24, 2.45) is 0 Å². The van der Waals surface area contributed by atoms with E-state index in [-0.39, 0.29) is 0 Å². The minimum atomic E-state index is -4.42. The van der Waals surface area contributed by atoms with Crippen molar-refractivity contribution in [3.05, 3.63) is 48.2 Å². The molecule has 2 rings (SSSR count). The highest BCUT2D eigenvalue weighted by Crippen LogP contribution is 2.30. The molecule has 22 heavy (non-hydrogen) atoms. The van der Waals surface area contributed by atoms with Crippen molar-refractivity contribution in [3.63, 3.8) is 0 Å². The molecule has 0 spiro atoms. The first-order chi connectivity index (χ1) is 10.3.